The number of halogens is 1. The van der Waals surface area contributed by atoms with Gasteiger partial charge in [0.25, 0.3) is 0 Å². The van der Waals surface area contributed by atoms with E-state index in [9.17, 15) is 9.18 Å². The number of hydrogen-bond donors (Lipinski definition) is 1. The highest BCUT2D eigenvalue weighted by molar-refractivity contribution is 5.89. The third kappa shape index (κ3) is 2.88. The van der Waals surface area contributed by atoms with Crippen molar-refractivity contribution in [1.82, 2.24) is 4.98 Å². The molecule has 2 rings (SSSR count). The van der Waals surface area contributed by atoms with Crippen molar-refractivity contribution < 1.29 is 19.0 Å². The first-order chi connectivity index (χ1) is 9.09. The maximum absolute atomic E-state index is 13.6. The average Bonchev–Trinajstić information content (AvgIpc) is 2.38. The van der Waals surface area contributed by atoms with Crippen LogP contribution in [0.15, 0.2) is 36.5 Å². The van der Waals surface area contributed by atoms with E-state index >= 15 is 0 Å². The first kappa shape index (κ1) is 13.0. The monoisotopic (exact) mass is 261 g/mol. The topological polar surface area (TPSA) is 59.4 Å². The molecule has 0 aliphatic rings. The average molecular weight is 261 g/mol. The van der Waals surface area contributed by atoms with Gasteiger partial charge >= 0.3 is 5.97 Å². The maximum Gasteiger partial charge on any atom is 0.336 e. The fourth-order valence-electron chi connectivity index (χ4n) is 1.67. The molecule has 0 saturated carbocycles. The van der Waals surface area contributed by atoms with Gasteiger partial charge in [-0.3, -0.25) is 0 Å². The molecular formula is C14H12FNO3. The molecule has 1 heterocycles. The summed E-state index contributed by atoms with van der Waals surface area (Å²) in [5, 5.41) is 9.00. The lowest BCUT2D eigenvalue weighted by atomic mass is 10.1. The predicted octanol–water partition coefficient (Wildman–Crippen LogP) is 2.81. The number of benzene rings is 1. The molecule has 2 aromatic rings. The first-order valence-electron chi connectivity index (χ1n) is 5.64. The summed E-state index contributed by atoms with van der Waals surface area (Å²) >= 11 is 0. The van der Waals surface area contributed by atoms with Crippen molar-refractivity contribution in [2.45, 2.75) is 13.5 Å². The van der Waals surface area contributed by atoms with E-state index in [1.807, 2.05) is 13.0 Å². The molecule has 1 aromatic heterocycles. The van der Waals surface area contributed by atoms with Crippen LogP contribution in [0.4, 0.5) is 4.39 Å². The van der Waals surface area contributed by atoms with E-state index in [2.05, 4.69) is 4.98 Å². The van der Waals surface area contributed by atoms with Gasteiger partial charge in [-0.2, -0.15) is 0 Å². The molecular weight excluding hydrogens is 249 g/mol. The molecule has 98 valence electrons. The zero-order valence-electron chi connectivity index (χ0n) is 10.3. The predicted molar refractivity (Wildman–Crippen MR) is 66.7 cm³/mol. The Balaban J connectivity index is 2.25. The smallest absolute Gasteiger partial charge is 0.336 e. The Morgan fingerprint density at radius 3 is 2.84 bits per heavy atom. The number of aromatic nitrogens is 1. The number of hydrogen-bond acceptors (Lipinski definition) is 3. The van der Waals surface area contributed by atoms with Gasteiger partial charge in [0.05, 0.1) is 5.56 Å². The van der Waals surface area contributed by atoms with Gasteiger partial charge in [-0.25, -0.2) is 14.2 Å². The molecule has 4 nitrogen and oxygen atoms in total. The Bertz CT molecular complexity index is 613. The fraction of sp³-hybridized carbons (Fsp3) is 0.143. The van der Waals surface area contributed by atoms with E-state index in [4.69, 9.17) is 9.84 Å². The van der Waals surface area contributed by atoms with Crippen LogP contribution in [0.25, 0.3) is 0 Å². The fourth-order valence-corrected chi connectivity index (χ4v) is 1.67. The van der Waals surface area contributed by atoms with Crippen LogP contribution in [-0.4, -0.2) is 16.1 Å². The van der Waals surface area contributed by atoms with Crippen molar-refractivity contribution in [3.8, 4) is 5.88 Å². The van der Waals surface area contributed by atoms with Crippen molar-refractivity contribution >= 4 is 5.97 Å². The van der Waals surface area contributed by atoms with E-state index in [0.29, 0.717) is 5.88 Å². The number of pyridine rings is 1. The molecule has 0 unspecified atom stereocenters. The maximum atomic E-state index is 13.6. The number of carboxylic acid groups (broad SMARTS) is 1. The van der Waals surface area contributed by atoms with Gasteiger partial charge in [-0.15, -0.1) is 0 Å². The molecule has 0 radical (unpaired) electrons. The number of rotatable bonds is 4. The van der Waals surface area contributed by atoms with Crippen LogP contribution in [-0.2, 0) is 6.61 Å². The minimum absolute atomic E-state index is 0.0139. The molecule has 0 saturated heterocycles. The van der Waals surface area contributed by atoms with Gasteiger partial charge in [0.1, 0.15) is 12.4 Å². The Morgan fingerprint density at radius 1 is 1.37 bits per heavy atom. The lowest BCUT2D eigenvalue weighted by Crippen LogP contribution is -2.09. The summed E-state index contributed by atoms with van der Waals surface area (Å²) in [6, 6.07) is 7.47. The van der Waals surface area contributed by atoms with Crippen molar-refractivity contribution in [1.29, 1.82) is 0 Å². The molecule has 0 atom stereocenters. The quantitative estimate of drug-likeness (QED) is 0.919. The normalized spacial score (nSPS) is 10.2. The third-order valence-corrected chi connectivity index (χ3v) is 2.66. The third-order valence-electron chi connectivity index (χ3n) is 2.66. The van der Waals surface area contributed by atoms with Crippen molar-refractivity contribution in [3.63, 3.8) is 0 Å². The second kappa shape index (κ2) is 5.48. The zero-order valence-corrected chi connectivity index (χ0v) is 10.3. The highest BCUT2D eigenvalue weighted by Crippen LogP contribution is 2.18. The molecule has 1 N–H and O–H groups in total. The molecule has 1 aromatic carbocycles. The summed E-state index contributed by atoms with van der Waals surface area (Å²) in [5.41, 5.74) is 0.712. The van der Waals surface area contributed by atoms with E-state index in [-0.39, 0.29) is 17.7 Å². The number of ether oxygens (including phenoxy) is 1. The SMILES string of the molecule is Cc1cccnc1OCc1c(F)cccc1C(=O)O. The van der Waals surface area contributed by atoms with Gasteiger partial charge in [0, 0.05) is 17.3 Å². The summed E-state index contributed by atoms with van der Waals surface area (Å²) in [7, 11) is 0. The van der Waals surface area contributed by atoms with Gasteiger partial charge in [0.15, 0.2) is 0 Å². The van der Waals surface area contributed by atoms with Crippen molar-refractivity contribution in [2.24, 2.45) is 0 Å². The van der Waals surface area contributed by atoms with E-state index in [1.165, 1.54) is 18.2 Å². The highest BCUT2D eigenvalue weighted by Gasteiger charge is 2.15. The summed E-state index contributed by atoms with van der Waals surface area (Å²) in [6.07, 6.45) is 1.56. The van der Waals surface area contributed by atoms with Crippen LogP contribution < -0.4 is 4.74 Å². The first-order valence-corrected chi connectivity index (χ1v) is 5.64. The lowest BCUT2D eigenvalue weighted by molar-refractivity contribution is 0.0693. The van der Waals surface area contributed by atoms with Crippen LogP contribution in [0, 0.1) is 12.7 Å². The van der Waals surface area contributed by atoms with Crippen molar-refractivity contribution in [3.05, 3.63) is 59.0 Å². The molecule has 0 aliphatic heterocycles. The van der Waals surface area contributed by atoms with Crippen LogP contribution in [0.3, 0.4) is 0 Å². The van der Waals surface area contributed by atoms with E-state index in [0.717, 1.165) is 5.56 Å². The summed E-state index contributed by atoms with van der Waals surface area (Å²) in [6.45, 7) is 1.63. The standard InChI is InChI=1S/C14H12FNO3/c1-9-4-3-7-16-13(9)19-8-11-10(14(17)18)5-2-6-12(11)15/h2-7H,8H2,1H3,(H,17,18). The number of aromatic carboxylic acids is 1. The minimum atomic E-state index is -1.18. The van der Waals surface area contributed by atoms with Gasteiger partial charge < -0.3 is 9.84 Å². The molecule has 0 aliphatic carbocycles. The van der Waals surface area contributed by atoms with Gasteiger partial charge in [-0.05, 0) is 25.1 Å². The highest BCUT2D eigenvalue weighted by atomic mass is 19.1. The summed E-state index contributed by atoms with van der Waals surface area (Å²) < 4.78 is 19.0. The molecule has 5 heteroatoms. The second-order valence-corrected chi connectivity index (χ2v) is 3.99. The summed E-state index contributed by atoms with van der Waals surface area (Å²) in [5.74, 6) is -1.42. The Kier molecular flexibility index (Phi) is 3.75. The number of carboxylic acids is 1. The molecule has 0 fully saturated rings. The van der Waals surface area contributed by atoms with Crippen LogP contribution in [0.2, 0.25) is 0 Å². The Labute approximate surface area is 109 Å². The van der Waals surface area contributed by atoms with Crippen LogP contribution in [0.1, 0.15) is 21.5 Å². The largest absolute Gasteiger partial charge is 0.478 e. The van der Waals surface area contributed by atoms with Crippen molar-refractivity contribution in [2.75, 3.05) is 0 Å². The van der Waals surface area contributed by atoms with Crippen LogP contribution in [0.5, 0.6) is 5.88 Å². The number of carbonyl (C=O) groups is 1. The van der Waals surface area contributed by atoms with Gasteiger partial charge in [-0.1, -0.05) is 12.1 Å². The minimum Gasteiger partial charge on any atom is -0.478 e. The molecule has 0 spiro atoms. The summed E-state index contributed by atoms with van der Waals surface area (Å²) in [4.78, 5) is 15.0. The molecule has 0 amide bonds. The number of nitrogens with zero attached hydrogens (tertiary/aromatic N) is 1. The molecule has 19 heavy (non-hydrogen) atoms. The Hall–Kier alpha value is -2.43. The Morgan fingerprint density at radius 2 is 2.16 bits per heavy atom. The number of aryl methyl sites for hydroxylation is 1. The van der Waals surface area contributed by atoms with E-state index in [1.54, 1.807) is 12.3 Å². The zero-order chi connectivity index (χ0) is 13.8. The van der Waals surface area contributed by atoms with Gasteiger partial charge in [0.2, 0.25) is 5.88 Å². The second-order valence-electron chi connectivity index (χ2n) is 3.99. The molecule has 0 bridgehead atoms. The lowest BCUT2D eigenvalue weighted by Gasteiger charge is -2.10. The van der Waals surface area contributed by atoms with E-state index < -0.39 is 11.8 Å². The van der Waals surface area contributed by atoms with Crippen LogP contribution >= 0.6 is 0 Å².